The number of carboxylic acid groups (broad SMARTS) is 1. The molecule has 154 valence electrons. The summed E-state index contributed by atoms with van der Waals surface area (Å²) in [5, 5.41) is 19.6. The van der Waals surface area contributed by atoms with Crippen LogP contribution in [0.5, 0.6) is 0 Å². The second-order valence-electron chi connectivity index (χ2n) is 8.76. The smallest absolute Gasteiger partial charge is 0.306 e. The van der Waals surface area contributed by atoms with Crippen LogP contribution in [0.4, 0.5) is 0 Å². The predicted octanol–water partition coefficient (Wildman–Crippen LogP) is 4.17. The van der Waals surface area contributed by atoms with Crippen LogP contribution in [-0.4, -0.2) is 59.7 Å². The van der Waals surface area contributed by atoms with Crippen molar-refractivity contribution in [3.05, 3.63) is 0 Å². The standard InChI is InChI=1S/C21H41NO4/c1-5-6-7-8-9-10-11-12-13-14-15-16-19(23)21(26,17-20(24)25)18-22(2,3)4/h26H,5-18H2,1-4H3/p+1. The first kappa shape index (κ1) is 25.1. The Morgan fingerprint density at radius 3 is 1.62 bits per heavy atom. The van der Waals surface area contributed by atoms with Gasteiger partial charge in [-0.05, 0) is 6.42 Å². The first-order valence-electron chi connectivity index (χ1n) is 10.4. The Kier molecular flexibility index (Phi) is 12.8. The zero-order valence-corrected chi connectivity index (χ0v) is 17.6. The van der Waals surface area contributed by atoms with Gasteiger partial charge >= 0.3 is 5.97 Å². The van der Waals surface area contributed by atoms with E-state index >= 15 is 0 Å². The largest absolute Gasteiger partial charge is 0.481 e. The molecule has 0 aromatic rings. The van der Waals surface area contributed by atoms with Gasteiger partial charge in [-0.3, -0.25) is 9.59 Å². The monoisotopic (exact) mass is 372 g/mol. The number of Topliss-reactive ketones (excluding diaryl/α,β-unsaturated/α-hetero) is 1. The van der Waals surface area contributed by atoms with E-state index in [0.29, 0.717) is 4.48 Å². The van der Waals surface area contributed by atoms with E-state index in [-0.39, 0.29) is 18.7 Å². The van der Waals surface area contributed by atoms with Crippen molar-refractivity contribution < 1.29 is 24.3 Å². The summed E-state index contributed by atoms with van der Waals surface area (Å²) in [6, 6.07) is 0. The van der Waals surface area contributed by atoms with E-state index in [1.807, 2.05) is 21.1 Å². The Morgan fingerprint density at radius 2 is 1.23 bits per heavy atom. The molecule has 5 heteroatoms. The summed E-state index contributed by atoms with van der Waals surface area (Å²) in [4.78, 5) is 23.5. The van der Waals surface area contributed by atoms with E-state index < -0.39 is 18.0 Å². The third-order valence-electron chi connectivity index (χ3n) is 4.71. The van der Waals surface area contributed by atoms with Gasteiger partial charge < -0.3 is 14.7 Å². The van der Waals surface area contributed by atoms with Crippen LogP contribution >= 0.6 is 0 Å². The number of carbonyl (C=O) groups is 2. The van der Waals surface area contributed by atoms with E-state index in [0.717, 1.165) is 19.3 Å². The topological polar surface area (TPSA) is 74.6 Å². The number of nitrogens with zero attached hydrogens (tertiary/aromatic N) is 1. The molecule has 0 amide bonds. The number of aliphatic carboxylic acids is 1. The number of carbonyl (C=O) groups excluding carboxylic acids is 1. The van der Waals surface area contributed by atoms with Crippen molar-refractivity contribution in [2.24, 2.45) is 0 Å². The molecular formula is C21H42NO4+. The summed E-state index contributed by atoms with van der Waals surface area (Å²) in [6.07, 6.45) is 13.0. The summed E-state index contributed by atoms with van der Waals surface area (Å²) in [5.74, 6) is -1.46. The maximum atomic E-state index is 12.4. The SMILES string of the molecule is CCCCCCCCCCCCCC(=O)C(O)(CC(=O)O)C[N+](C)(C)C. The van der Waals surface area contributed by atoms with E-state index in [9.17, 15) is 14.7 Å². The average molecular weight is 373 g/mol. The highest BCUT2D eigenvalue weighted by molar-refractivity contribution is 5.90. The third-order valence-corrected chi connectivity index (χ3v) is 4.71. The van der Waals surface area contributed by atoms with E-state index in [4.69, 9.17) is 5.11 Å². The number of likely N-dealkylation sites (N-methyl/N-ethyl adjacent to an activating group) is 1. The summed E-state index contributed by atoms with van der Waals surface area (Å²) < 4.78 is 0.355. The lowest BCUT2D eigenvalue weighted by Gasteiger charge is -2.33. The molecule has 1 atom stereocenters. The number of ketones is 1. The van der Waals surface area contributed by atoms with Crippen LogP contribution in [0.2, 0.25) is 0 Å². The molecule has 0 saturated heterocycles. The molecule has 0 aliphatic rings. The maximum Gasteiger partial charge on any atom is 0.306 e. The van der Waals surface area contributed by atoms with Crippen LogP contribution in [0.15, 0.2) is 0 Å². The maximum absolute atomic E-state index is 12.4. The van der Waals surface area contributed by atoms with Crippen LogP contribution in [0.1, 0.15) is 90.4 Å². The molecule has 0 heterocycles. The second-order valence-corrected chi connectivity index (χ2v) is 8.76. The summed E-state index contributed by atoms with van der Waals surface area (Å²) in [7, 11) is 5.55. The lowest BCUT2D eigenvalue weighted by molar-refractivity contribution is -0.875. The minimum Gasteiger partial charge on any atom is -0.481 e. The summed E-state index contributed by atoms with van der Waals surface area (Å²) in [6.45, 7) is 2.35. The molecule has 0 aromatic carbocycles. The first-order chi connectivity index (χ1) is 12.1. The van der Waals surface area contributed by atoms with Crippen molar-refractivity contribution >= 4 is 11.8 Å². The molecular weight excluding hydrogens is 330 g/mol. The van der Waals surface area contributed by atoms with Crippen molar-refractivity contribution in [1.29, 1.82) is 0 Å². The zero-order valence-electron chi connectivity index (χ0n) is 17.6. The van der Waals surface area contributed by atoms with Crippen LogP contribution in [0, 0.1) is 0 Å². The fourth-order valence-electron chi connectivity index (χ4n) is 3.46. The van der Waals surface area contributed by atoms with Gasteiger partial charge in [-0.15, -0.1) is 0 Å². The lowest BCUT2D eigenvalue weighted by Crippen LogP contribution is -2.54. The van der Waals surface area contributed by atoms with Gasteiger partial charge in [-0.2, -0.15) is 0 Å². The molecule has 0 saturated carbocycles. The Labute approximate surface area is 160 Å². The number of hydrogen-bond acceptors (Lipinski definition) is 3. The third kappa shape index (κ3) is 13.3. The first-order valence-corrected chi connectivity index (χ1v) is 10.4. The van der Waals surface area contributed by atoms with Gasteiger partial charge in [0.2, 0.25) is 0 Å². The van der Waals surface area contributed by atoms with Crippen LogP contribution < -0.4 is 0 Å². The molecule has 26 heavy (non-hydrogen) atoms. The van der Waals surface area contributed by atoms with Crippen molar-refractivity contribution in [3.63, 3.8) is 0 Å². The number of quaternary nitrogens is 1. The lowest BCUT2D eigenvalue weighted by atomic mass is 9.89. The number of unbranched alkanes of at least 4 members (excludes halogenated alkanes) is 10. The summed E-state index contributed by atoms with van der Waals surface area (Å²) >= 11 is 0. The normalized spacial score (nSPS) is 14.2. The molecule has 0 aliphatic heterocycles. The van der Waals surface area contributed by atoms with Gasteiger partial charge in [0.15, 0.2) is 11.4 Å². The van der Waals surface area contributed by atoms with Crippen molar-refractivity contribution in [2.75, 3.05) is 27.7 Å². The van der Waals surface area contributed by atoms with E-state index in [1.165, 1.54) is 51.4 Å². The van der Waals surface area contributed by atoms with E-state index in [2.05, 4.69) is 6.92 Å². The predicted molar refractivity (Wildman–Crippen MR) is 106 cm³/mol. The van der Waals surface area contributed by atoms with Crippen LogP contribution in [0.25, 0.3) is 0 Å². The quantitative estimate of drug-likeness (QED) is 0.297. The average Bonchev–Trinajstić information content (AvgIpc) is 2.49. The second kappa shape index (κ2) is 13.3. The zero-order chi connectivity index (χ0) is 20.1. The Hall–Kier alpha value is -0.940. The number of hydrogen-bond donors (Lipinski definition) is 2. The highest BCUT2D eigenvalue weighted by Crippen LogP contribution is 2.20. The number of aliphatic hydroxyl groups is 1. The molecule has 0 rings (SSSR count). The van der Waals surface area contributed by atoms with Gasteiger partial charge in [-0.1, -0.05) is 71.1 Å². The number of rotatable bonds is 17. The van der Waals surface area contributed by atoms with Gasteiger partial charge in [0, 0.05) is 6.42 Å². The Bertz CT molecular complexity index is 403. The molecule has 0 spiro atoms. The van der Waals surface area contributed by atoms with Crippen molar-refractivity contribution in [1.82, 2.24) is 0 Å². The molecule has 0 bridgehead atoms. The van der Waals surface area contributed by atoms with Crippen molar-refractivity contribution in [3.8, 4) is 0 Å². The Morgan fingerprint density at radius 1 is 0.808 bits per heavy atom. The minimum atomic E-state index is -1.76. The van der Waals surface area contributed by atoms with Crippen molar-refractivity contribution in [2.45, 2.75) is 96.0 Å². The van der Waals surface area contributed by atoms with Crippen LogP contribution in [0.3, 0.4) is 0 Å². The summed E-state index contributed by atoms with van der Waals surface area (Å²) in [5.41, 5.74) is -1.76. The molecule has 5 nitrogen and oxygen atoms in total. The fourth-order valence-corrected chi connectivity index (χ4v) is 3.46. The minimum absolute atomic E-state index is 0.121. The van der Waals surface area contributed by atoms with Gasteiger partial charge in [0.1, 0.15) is 6.54 Å². The van der Waals surface area contributed by atoms with Gasteiger partial charge in [0.25, 0.3) is 0 Å². The molecule has 0 fully saturated rings. The molecule has 0 aliphatic carbocycles. The fraction of sp³-hybridized carbons (Fsp3) is 0.905. The Balaban J connectivity index is 3.97. The highest BCUT2D eigenvalue weighted by Gasteiger charge is 2.42. The molecule has 2 N–H and O–H groups in total. The van der Waals surface area contributed by atoms with Gasteiger partial charge in [-0.25, -0.2) is 0 Å². The van der Waals surface area contributed by atoms with Crippen LogP contribution in [-0.2, 0) is 9.59 Å². The molecule has 0 aromatic heterocycles. The van der Waals surface area contributed by atoms with Gasteiger partial charge in [0.05, 0.1) is 27.6 Å². The molecule has 1 unspecified atom stereocenters. The van der Waals surface area contributed by atoms with E-state index in [1.54, 1.807) is 0 Å². The number of carboxylic acids is 1. The molecule has 0 radical (unpaired) electrons. The highest BCUT2D eigenvalue weighted by atomic mass is 16.4.